The molecule has 0 aromatic heterocycles. The molecule has 1 aromatic rings. The second-order valence-electron chi connectivity index (χ2n) is 6.46. The number of rotatable bonds is 5. The Morgan fingerprint density at radius 1 is 1.29 bits per heavy atom. The van der Waals surface area contributed by atoms with Gasteiger partial charge in [0.1, 0.15) is 5.75 Å². The number of ether oxygens (including phenoxy) is 1. The molecule has 1 saturated carbocycles. The van der Waals surface area contributed by atoms with Gasteiger partial charge in [0.25, 0.3) is 0 Å². The van der Waals surface area contributed by atoms with Crippen LogP contribution in [-0.2, 0) is 12.8 Å². The van der Waals surface area contributed by atoms with Gasteiger partial charge in [0.15, 0.2) is 0 Å². The minimum atomic E-state index is 0.690. The standard InChI is InChI=1S/C18H26BrNO/c1-2-8-20-17-6-4-3-5-13(17)10-15-12-16(19)11-14-7-9-21-18(14)15/h11-13,17,20H,2-10H2,1H3. The molecule has 2 nitrogen and oxygen atoms in total. The van der Waals surface area contributed by atoms with Gasteiger partial charge in [0, 0.05) is 16.9 Å². The van der Waals surface area contributed by atoms with E-state index < -0.39 is 0 Å². The first-order valence-electron chi connectivity index (χ1n) is 8.45. The molecule has 0 spiro atoms. The van der Waals surface area contributed by atoms with Crippen molar-refractivity contribution in [2.75, 3.05) is 13.2 Å². The Bertz CT molecular complexity index is 488. The number of hydrogen-bond acceptors (Lipinski definition) is 2. The van der Waals surface area contributed by atoms with Crippen molar-refractivity contribution < 1.29 is 4.74 Å². The molecule has 1 heterocycles. The lowest BCUT2D eigenvalue weighted by Gasteiger charge is -2.33. The summed E-state index contributed by atoms with van der Waals surface area (Å²) in [6.45, 7) is 4.25. The van der Waals surface area contributed by atoms with Gasteiger partial charge in [0.05, 0.1) is 6.61 Å². The van der Waals surface area contributed by atoms with Crippen molar-refractivity contribution in [1.29, 1.82) is 0 Å². The Hall–Kier alpha value is -0.540. The average Bonchev–Trinajstić information content (AvgIpc) is 2.94. The molecule has 3 rings (SSSR count). The fourth-order valence-electron chi connectivity index (χ4n) is 3.83. The first-order chi connectivity index (χ1) is 10.3. The van der Waals surface area contributed by atoms with Gasteiger partial charge in [-0.3, -0.25) is 0 Å². The highest BCUT2D eigenvalue weighted by Gasteiger charge is 2.27. The van der Waals surface area contributed by atoms with Gasteiger partial charge >= 0.3 is 0 Å². The number of benzene rings is 1. The van der Waals surface area contributed by atoms with Crippen LogP contribution in [0.3, 0.4) is 0 Å². The molecular formula is C18H26BrNO. The van der Waals surface area contributed by atoms with Crippen molar-refractivity contribution in [2.45, 2.75) is 57.9 Å². The van der Waals surface area contributed by atoms with E-state index in [-0.39, 0.29) is 0 Å². The summed E-state index contributed by atoms with van der Waals surface area (Å²) in [5.41, 5.74) is 2.79. The van der Waals surface area contributed by atoms with Crippen LogP contribution in [0, 0.1) is 5.92 Å². The first kappa shape index (κ1) is 15.4. The van der Waals surface area contributed by atoms with E-state index >= 15 is 0 Å². The zero-order valence-corrected chi connectivity index (χ0v) is 14.5. The van der Waals surface area contributed by atoms with Crippen LogP contribution in [0.5, 0.6) is 5.75 Å². The third kappa shape index (κ3) is 3.62. The zero-order chi connectivity index (χ0) is 14.7. The van der Waals surface area contributed by atoms with Crippen molar-refractivity contribution in [2.24, 2.45) is 5.92 Å². The third-order valence-corrected chi connectivity index (χ3v) is 5.33. The maximum absolute atomic E-state index is 5.90. The van der Waals surface area contributed by atoms with Gasteiger partial charge in [-0.2, -0.15) is 0 Å². The van der Waals surface area contributed by atoms with Crippen molar-refractivity contribution >= 4 is 15.9 Å². The second-order valence-corrected chi connectivity index (χ2v) is 7.38. The molecule has 2 unspecified atom stereocenters. The van der Waals surface area contributed by atoms with Crippen molar-refractivity contribution in [1.82, 2.24) is 5.32 Å². The molecule has 1 aromatic carbocycles. The van der Waals surface area contributed by atoms with Crippen LogP contribution in [0.15, 0.2) is 16.6 Å². The summed E-state index contributed by atoms with van der Waals surface area (Å²) in [4.78, 5) is 0. The van der Waals surface area contributed by atoms with E-state index in [9.17, 15) is 0 Å². The lowest BCUT2D eigenvalue weighted by Crippen LogP contribution is -2.39. The van der Waals surface area contributed by atoms with E-state index in [0.29, 0.717) is 6.04 Å². The van der Waals surface area contributed by atoms with Crippen molar-refractivity contribution in [3.05, 3.63) is 27.7 Å². The normalized spacial score (nSPS) is 24.7. The summed E-state index contributed by atoms with van der Waals surface area (Å²) in [5, 5.41) is 3.77. The molecule has 1 aliphatic heterocycles. The SMILES string of the molecule is CCCNC1CCCCC1Cc1cc(Br)cc2c1OCC2. The third-order valence-electron chi connectivity index (χ3n) is 4.87. The highest BCUT2D eigenvalue weighted by atomic mass is 79.9. The predicted octanol–water partition coefficient (Wildman–Crippen LogP) is 4.48. The van der Waals surface area contributed by atoms with E-state index in [1.54, 1.807) is 0 Å². The molecule has 1 fully saturated rings. The Morgan fingerprint density at radius 2 is 2.14 bits per heavy atom. The molecule has 21 heavy (non-hydrogen) atoms. The molecular weight excluding hydrogens is 326 g/mol. The van der Waals surface area contributed by atoms with Crippen LogP contribution < -0.4 is 10.1 Å². The van der Waals surface area contributed by atoms with E-state index in [0.717, 1.165) is 31.9 Å². The molecule has 0 radical (unpaired) electrons. The molecule has 0 amide bonds. The Kier molecular flexibility index (Phi) is 5.23. The zero-order valence-electron chi connectivity index (χ0n) is 13.0. The molecule has 2 aliphatic rings. The van der Waals surface area contributed by atoms with Crippen LogP contribution >= 0.6 is 15.9 Å². The van der Waals surface area contributed by atoms with E-state index in [1.165, 1.54) is 53.5 Å². The predicted molar refractivity (Wildman–Crippen MR) is 91.1 cm³/mol. The molecule has 0 bridgehead atoms. The number of nitrogens with one attached hydrogen (secondary N) is 1. The van der Waals surface area contributed by atoms with Crippen LogP contribution in [0.1, 0.15) is 50.2 Å². The first-order valence-corrected chi connectivity index (χ1v) is 9.24. The highest BCUT2D eigenvalue weighted by molar-refractivity contribution is 9.10. The second kappa shape index (κ2) is 7.15. The van der Waals surface area contributed by atoms with Crippen molar-refractivity contribution in [3.8, 4) is 5.75 Å². The molecule has 2 atom stereocenters. The number of hydrogen-bond donors (Lipinski definition) is 1. The molecule has 1 aliphatic carbocycles. The van der Waals surface area contributed by atoms with E-state index in [4.69, 9.17) is 4.74 Å². The van der Waals surface area contributed by atoms with Gasteiger partial charge in [-0.1, -0.05) is 35.7 Å². The van der Waals surface area contributed by atoms with Crippen molar-refractivity contribution in [3.63, 3.8) is 0 Å². The number of halogens is 1. The summed E-state index contributed by atoms with van der Waals surface area (Å²) in [7, 11) is 0. The van der Waals surface area contributed by atoms with Gasteiger partial charge in [-0.15, -0.1) is 0 Å². The van der Waals surface area contributed by atoms with Gasteiger partial charge in [0.2, 0.25) is 0 Å². The van der Waals surface area contributed by atoms with Crippen LogP contribution in [0.4, 0.5) is 0 Å². The van der Waals surface area contributed by atoms with Gasteiger partial charge < -0.3 is 10.1 Å². The van der Waals surface area contributed by atoms with Crippen LogP contribution in [-0.4, -0.2) is 19.2 Å². The quantitative estimate of drug-likeness (QED) is 0.843. The van der Waals surface area contributed by atoms with Gasteiger partial charge in [-0.05, 0) is 61.4 Å². The van der Waals surface area contributed by atoms with Crippen LogP contribution in [0.2, 0.25) is 0 Å². The Morgan fingerprint density at radius 3 is 3.00 bits per heavy atom. The summed E-state index contributed by atoms with van der Waals surface area (Å²) in [6, 6.07) is 5.18. The van der Waals surface area contributed by atoms with E-state index in [2.05, 4.69) is 40.3 Å². The summed E-state index contributed by atoms with van der Waals surface area (Å²) in [6.07, 6.45) is 8.88. The molecule has 3 heteroatoms. The number of fused-ring (bicyclic) bond motifs is 1. The van der Waals surface area contributed by atoms with Crippen LogP contribution in [0.25, 0.3) is 0 Å². The fraction of sp³-hybridized carbons (Fsp3) is 0.667. The fourth-order valence-corrected chi connectivity index (χ4v) is 4.38. The maximum Gasteiger partial charge on any atom is 0.125 e. The lowest BCUT2D eigenvalue weighted by atomic mass is 9.80. The minimum absolute atomic E-state index is 0.690. The van der Waals surface area contributed by atoms with Gasteiger partial charge in [-0.25, -0.2) is 0 Å². The minimum Gasteiger partial charge on any atom is -0.493 e. The lowest BCUT2D eigenvalue weighted by molar-refractivity contribution is 0.258. The molecule has 116 valence electrons. The molecule has 1 N–H and O–H groups in total. The summed E-state index contributed by atoms with van der Waals surface area (Å²) in [5.74, 6) is 1.94. The monoisotopic (exact) mass is 351 g/mol. The topological polar surface area (TPSA) is 21.3 Å². The highest BCUT2D eigenvalue weighted by Crippen LogP contribution is 2.37. The average molecular weight is 352 g/mol. The Balaban J connectivity index is 1.75. The summed E-state index contributed by atoms with van der Waals surface area (Å²) < 4.78 is 7.11. The smallest absolute Gasteiger partial charge is 0.125 e. The largest absolute Gasteiger partial charge is 0.493 e. The van der Waals surface area contributed by atoms with E-state index in [1.807, 2.05) is 0 Å². The Labute approximate surface area is 136 Å². The molecule has 0 saturated heterocycles. The summed E-state index contributed by atoms with van der Waals surface area (Å²) >= 11 is 3.67. The maximum atomic E-state index is 5.90.